The second kappa shape index (κ2) is 8.16. The van der Waals surface area contributed by atoms with Crippen LogP contribution in [0.1, 0.15) is 16.7 Å². The number of anilines is 2. The molecule has 0 radical (unpaired) electrons. The lowest BCUT2D eigenvalue weighted by Gasteiger charge is -2.17. The second-order valence-corrected chi connectivity index (χ2v) is 6.71. The molecule has 152 valence electrons. The van der Waals surface area contributed by atoms with Gasteiger partial charge in [-0.05, 0) is 42.3 Å². The molecule has 0 amide bonds. The Kier molecular flexibility index (Phi) is 5.83. The quantitative estimate of drug-likeness (QED) is 0.625. The largest absolute Gasteiger partial charge is 0.490 e. The Labute approximate surface area is 169 Å². The molecule has 0 fully saturated rings. The second-order valence-electron chi connectivity index (χ2n) is 6.30. The summed E-state index contributed by atoms with van der Waals surface area (Å²) in [5.41, 5.74) is 0.390. The lowest BCUT2D eigenvalue weighted by Crippen LogP contribution is -2.19. The molecule has 0 atom stereocenters. The first-order valence-corrected chi connectivity index (χ1v) is 8.90. The fraction of sp³-hybridized carbons (Fsp3) is 0.200. The van der Waals surface area contributed by atoms with Crippen LogP contribution in [0.5, 0.6) is 5.75 Å². The minimum Gasteiger partial charge on any atom is -0.490 e. The summed E-state index contributed by atoms with van der Waals surface area (Å²) in [5, 5.41) is 3.55. The minimum atomic E-state index is -4.45. The highest BCUT2D eigenvalue weighted by Gasteiger charge is 2.30. The van der Waals surface area contributed by atoms with Gasteiger partial charge in [-0.2, -0.15) is 18.2 Å². The van der Waals surface area contributed by atoms with Crippen molar-refractivity contribution < 1.29 is 17.9 Å². The fourth-order valence-electron chi connectivity index (χ4n) is 2.74. The molecule has 1 aromatic heterocycles. The lowest BCUT2D eigenvalue weighted by molar-refractivity contribution is -0.137. The number of nitrogens with zero attached hydrogens (tertiary/aromatic N) is 2. The predicted octanol–water partition coefficient (Wildman–Crippen LogP) is 5.02. The first kappa shape index (κ1) is 20.7. The van der Waals surface area contributed by atoms with Crippen LogP contribution in [0.3, 0.4) is 0 Å². The van der Waals surface area contributed by atoms with Gasteiger partial charge in [0.1, 0.15) is 0 Å². The SMILES string of the molecule is COc1cn(Cc2cccc(C(F)(F)F)c2)c(Nc2cccc(Cl)c2C)nc1=O. The van der Waals surface area contributed by atoms with Gasteiger partial charge in [-0.25, -0.2) is 0 Å². The summed E-state index contributed by atoms with van der Waals surface area (Å²) in [6.45, 7) is 1.83. The molecule has 0 unspecified atom stereocenters. The van der Waals surface area contributed by atoms with Crippen LogP contribution >= 0.6 is 11.6 Å². The van der Waals surface area contributed by atoms with Gasteiger partial charge in [-0.1, -0.05) is 29.8 Å². The van der Waals surface area contributed by atoms with Crippen molar-refractivity contribution in [3.8, 4) is 5.75 Å². The standard InChI is InChI=1S/C20H17ClF3N3O2/c1-12-15(21)7-4-8-16(12)25-19-26-18(28)17(29-2)11-27(19)10-13-5-3-6-14(9-13)20(22,23)24/h3-9,11H,10H2,1-2H3,(H,25,26,28). The van der Waals surface area contributed by atoms with Crippen molar-refractivity contribution in [3.05, 3.63) is 80.7 Å². The van der Waals surface area contributed by atoms with Crippen LogP contribution in [0.25, 0.3) is 0 Å². The zero-order valence-electron chi connectivity index (χ0n) is 15.5. The van der Waals surface area contributed by atoms with E-state index in [0.29, 0.717) is 16.3 Å². The molecule has 0 bridgehead atoms. The molecule has 5 nitrogen and oxygen atoms in total. The summed E-state index contributed by atoms with van der Waals surface area (Å²) in [4.78, 5) is 16.1. The van der Waals surface area contributed by atoms with E-state index < -0.39 is 17.3 Å². The van der Waals surface area contributed by atoms with Crippen molar-refractivity contribution in [1.29, 1.82) is 0 Å². The molecule has 1 N–H and O–H groups in total. The third-order valence-corrected chi connectivity index (χ3v) is 4.71. The number of aromatic nitrogens is 2. The number of methoxy groups -OCH3 is 1. The summed E-state index contributed by atoms with van der Waals surface area (Å²) in [6.07, 6.45) is -3.05. The molecule has 2 aromatic carbocycles. The van der Waals surface area contributed by atoms with Gasteiger partial charge in [0.25, 0.3) is 0 Å². The van der Waals surface area contributed by atoms with Gasteiger partial charge in [0.2, 0.25) is 11.7 Å². The number of ether oxygens (including phenoxy) is 1. The lowest BCUT2D eigenvalue weighted by atomic mass is 10.1. The average Bonchev–Trinajstić information content (AvgIpc) is 2.67. The Morgan fingerprint density at radius 2 is 1.93 bits per heavy atom. The highest BCUT2D eigenvalue weighted by molar-refractivity contribution is 6.31. The topological polar surface area (TPSA) is 56.1 Å². The van der Waals surface area contributed by atoms with Crippen LogP contribution in [0.15, 0.2) is 53.5 Å². The number of hydrogen-bond acceptors (Lipinski definition) is 4. The van der Waals surface area contributed by atoms with Crippen LogP contribution < -0.4 is 15.6 Å². The third-order valence-electron chi connectivity index (χ3n) is 4.30. The molecule has 0 saturated carbocycles. The molecule has 1 heterocycles. The van der Waals surface area contributed by atoms with Gasteiger partial charge < -0.3 is 14.6 Å². The summed E-state index contributed by atoms with van der Waals surface area (Å²) in [6, 6.07) is 10.2. The monoisotopic (exact) mass is 423 g/mol. The van der Waals surface area contributed by atoms with E-state index in [1.807, 2.05) is 0 Å². The van der Waals surface area contributed by atoms with Gasteiger partial charge in [-0.3, -0.25) is 4.79 Å². The smallest absolute Gasteiger partial charge is 0.416 e. The highest BCUT2D eigenvalue weighted by Crippen LogP contribution is 2.30. The number of nitrogens with one attached hydrogen (secondary N) is 1. The Morgan fingerprint density at radius 1 is 1.21 bits per heavy atom. The van der Waals surface area contributed by atoms with E-state index in [4.69, 9.17) is 16.3 Å². The van der Waals surface area contributed by atoms with Crippen molar-refractivity contribution in [2.24, 2.45) is 0 Å². The summed E-state index contributed by atoms with van der Waals surface area (Å²) in [7, 11) is 1.32. The highest BCUT2D eigenvalue weighted by atomic mass is 35.5. The van der Waals surface area contributed by atoms with E-state index in [2.05, 4.69) is 10.3 Å². The fourth-order valence-corrected chi connectivity index (χ4v) is 2.91. The molecule has 0 aliphatic rings. The maximum Gasteiger partial charge on any atom is 0.416 e. The Morgan fingerprint density at radius 3 is 2.62 bits per heavy atom. The van der Waals surface area contributed by atoms with Crippen molar-refractivity contribution >= 4 is 23.2 Å². The van der Waals surface area contributed by atoms with E-state index in [1.54, 1.807) is 31.2 Å². The van der Waals surface area contributed by atoms with Crippen LogP contribution in [-0.4, -0.2) is 16.7 Å². The molecule has 0 aliphatic carbocycles. The molecular formula is C20H17ClF3N3O2. The molecule has 0 spiro atoms. The molecule has 0 saturated heterocycles. The summed E-state index contributed by atoms with van der Waals surface area (Å²) >= 11 is 6.13. The number of hydrogen-bond donors (Lipinski definition) is 1. The zero-order chi connectivity index (χ0) is 21.2. The number of benzene rings is 2. The van der Waals surface area contributed by atoms with E-state index in [-0.39, 0.29) is 18.2 Å². The van der Waals surface area contributed by atoms with Gasteiger partial charge in [0.05, 0.1) is 25.4 Å². The maximum atomic E-state index is 13.0. The Hall–Kier alpha value is -3.00. The number of halogens is 4. The van der Waals surface area contributed by atoms with E-state index in [1.165, 1.54) is 23.9 Å². The van der Waals surface area contributed by atoms with Crippen molar-refractivity contribution in [2.45, 2.75) is 19.6 Å². The first-order valence-electron chi connectivity index (χ1n) is 8.53. The van der Waals surface area contributed by atoms with Gasteiger partial charge in [-0.15, -0.1) is 0 Å². The molecule has 3 aromatic rings. The first-order chi connectivity index (χ1) is 13.7. The minimum absolute atomic E-state index is 0.0228. The molecular weight excluding hydrogens is 407 g/mol. The average molecular weight is 424 g/mol. The van der Waals surface area contributed by atoms with E-state index >= 15 is 0 Å². The molecule has 9 heteroatoms. The third kappa shape index (κ3) is 4.71. The zero-order valence-corrected chi connectivity index (χ0v) is 16.3. The Bertz CT molecular complexity index is 1100. The Balaban J connectivity index is 2.03. The van der Waals surface area contributed by atoms with Crippen molar-refractivity contribution in [1.82, 2.24) is 9.55 Å². The van der Waals surface area contributed by atoms with Crippen LogP contribution in [0.4, 0.5) is 24.8 Å². The van der Waals surface area contributed by atoms with Gasteiger partial charge in [0, 0.05) is 10.7 Å². The predicted molar refractivity (Wildman–Crippen MR) is 105 cm³/mol. The number of rotatable bonds is 5. The van der Waals surface area contributed by atoms with Crippen LogP contribution in [-0.2, 0) is 12.7 Å². The normalized spacial score (nSPS) is 11.4. The molecule has 0 aliphatic heterocycles. The summed E-state index contributed by atoms with van der Waals surface area (Å²) in [5.74, 6) is 0.129. The number of alkyl halides is 3. The van der Waals surface area contributed by atoms with Crippen molar-refractivity contribution in [3.63, 3.8) is 0 Å². The maximum absolute atomic E-state index is 13.0. The van der Waals surface area contributed by atoms with E-state index in [9.17, 15) is 18.0 Å². The van der Waals surface area contributed by atoms with Gasteiger partial charge in [0.15, 0.2) is 0 Å². The van der Waals surface area contributed by atoms with Crippen LogP contribution in [0, 0.1) is 6.92 Å². The molecule has 3 rings (SSSR count). The van der Waals surface area contributed by atoms with Gasteiger partial charge >= 0.3 is 11.7 Å². The summed E-state index contributed by atoms with van der Waals surface area (Å²) < 4.78 is 45.6. The molecule has 29 heavy (non-hydrogen) atoms. The van der Waals surface area contributed by atoms with Crippen molar-refractivity contribution in [2.75, 3.05) is 12.4 Å². The van der Waals surface area contributed by atoms with Crippen LogP contribution in [0.2, 0.25) is 5.02 Å². The van der Waals surface area contributed by atoms with E-state index in [0.717, 1.165) is 17.7 Å².